The molecule has 0 spiro atoms. The Labute approximate surface area is 174 Å². The summed E-state index contributed by atoms with van der Waals surface area (Å²) in [6.07, 6.45) is 0. The van der Waals surface area contributed by atoms with E-state index < -0.39 is 11.9 Å². The minimum absolute atomic E-state index is 0.103. The van der Waals surface area contributed by atoms with Crippen molar-refractivity contribution < 1.29 is 29.2 Å². The Bertz CT molecular complexity index is 863. The van der Waals surface area contributed by atoms with Gasteiger partial charge in [-0.2, -0.15) is 0 Å². The van der Waals surface area contributed by atoms with Crippen LogP contribution >= 0.6 is 11.3 Å². The Morgan fingerprint density at radius 2 is 1.69 bits per heavy atom. The number of carbonyl (C=O) groups excluding carboxylic acids is 3. The van der Waals surface area contributed by atoms with E-state index in [0.29, 0.717) is 10.6 Å². The highest BCUT2D eigenvalue weighted by molar-refractivity contribution is 7.18. The van der Waals surface area contributed by atoms with Gasteiger partial charge >= 0.3 is 11.9 Å². The Kier molecular flexibility index (Phi) is 8.35. The largest absolute Gasteiger partial charge is 0.462 e. The molecular formula is C21H27N2O5S+. The molecule has 0 radical (unpaired) electrons. The quantitative estimate of drug-likeness (QED) is 0.609. The highest BCUT2D eigenvalue weighted by Crippen LogP contribution is 2.34. The van der Waals surface area contributed by atoms with Crippen LogP contribution in [-0.2, 0) is 14.3 Å². The van der Waals surface area contributed by atoms with Crippen molar-refractivity contribution in [3.63, 3.8) is 0 Å². The summed E-state index contributed by atoms with van der Waals surface area (Å²) in [5.74, 6) is -1.37. The summed E-state index contributed by atoms with van der Waals surface area (Å²) in [7, 11) is 0. The van der Waals surface area contributed by atoms with Crippen LogP contribution in [0.5, 0.6) is 0 Å². The van der Waals surface area contributed by atoms with Crippen LogP contribution < -0.4 is 10.6 Å². The average molecular weight is 420 g/mol. The summed E-state index contributed by atoms with van der Waals surface area (Å²) in [6.45, 7) is 7.65. The molecule has 0 aliphatic rings. The van der Waals surface area contributed by atoms with Crippen molar-refractivity contribution in [2.45, 2.75) is 33.7 Å². The van der Waals surface area contributed by atoms with Crippen LogP contribution in [0.1, 0.15) is 58.0 Å². The standard InChI is InChI=1S/C21H26N2O5S/c1-5-27-20(25)17-13(3)18(21(26)28-6-2)29-19(17)23-16(24)12-22-14(4)15-10-8-7-9-11-15/h7-11,14,22H,5-6,12H2,1-4H3,(H,23,24)/p+1/t14-/m0/s1. The van der Waals surface area contributed by atoms with Crippen molar-refractivity contribution in [3.05, 3.63) is 51.9 Å². The van der Waals surface area contributed by atoms with Gasteiger partial charge in [-0.3, -0.25) is 4.79 Å². The van der Waals surface area contributed by atoms with E-state index in [4.69, 9.17) is 9.47 Å². The van der Waals surface area contributed by atoms with E-state index in [1.54, 1.807) is 20.8 Å². The van der Waals surface area contributed by atoms with E-state index >= 15 is 0 Å². The van der Waals surface area contributed by atoms with Gasteiger partial charge in [-0.1, -0.05) is 30.3 Å². The third-order valence-corrected chi connectivity index (χ3v) is 5.51. The molecule has 156 valence electrons. The van der Waals surface area contributed by atoms with Crippen LogP contribution in [0.2, 0.25) is 0 Å². The number of nitrogens with two attached hydrogens (primary N) is 1. The molecule has 1 atom stereocenters. The zero-order valence-corrected chi connectivity index (χ0v) is 17.9. The van der Waals surface area contributed by atoms with Gasteiger partial charge in [0.25, 0.3) is 5.91 Å². The fraction of sp³-hybridized carbons (Fsp3) is 0.381. The van der Waals surface area contributed by atoms with E-state index in [0.717, 1.165) is 16.9 Å². The molecule has 1 amide bonds. The van der Waals surface area contributed by atoms with Gasteiger partial charge in [-0.25, -0.2) is 9.59 Å². The SMILES string of the molecule is CCOC(=O)c1sc(NC(=O)C[NH2+][C@@H](C)c2ccccc2)c(C(=O)OCC)c1C. The van der Waals surface area contributed by atoms with Crippen LogP contribution in [-0.4, -0.2) is 37.6 Å². The van der Waals surface area contributed by atoms with Gasteiger partial charge < -0.3 is 20.1 Å². The highest BCUT2D eigenvalue weighted by Gasteiger charge is 2.27. The number of esters is 2. The van der Waals surface area contributed by atoms with Crippen LogP contribution in [0.15, 0.2) is 30.3 Å². The maximum atomic E-state index is 12.5. The average Bonchev–Trinajstić information content (AvgIpc) is 3.03. The van der Waals surface area contributed by atoms with Gasteiger partial charge in [0.05, 0.1) is 18.8 Å². The van der Waals surface area contributed by atoms with E-state index in [-0.39, 0.29) is 42.1 Å². The third kappa shape index (κ3) is 5.88. The van der Waals surface area contributed by atoms with Crippen LogP contribution in [0.4, 0.5) is 5.00 Å². The third-order valence-electron chi connectivity index (χ3n) is 4.32. The summed E-state index contributed by atoms with van der Waals surface area (Å²) in [5.41, 5.74) is 1.76. The summed E-state index contributed by atoms with van der Waals surface area (Å²) >= 11 is 1.03. The second kappa shape index (κ2) is 10.7. The van der Waals surface area contributed by atoms with E-state index in [2.05, 4.69) is 5.32 Å². The molecular weight excluding hydrogens is 392 g/mol. The van der Waals surface area contributed by atoms with Gasteiger partial charge in [0.1, 0.15) is 15.9 Å². The maximum Gasteiger partial charge on any atom is 0.348 e. The van der Waals surface area contributed by atoms with Gasteiger partial charge in [0.2, 0.25) is 0 Å². The number of ether oxygens (including phenoxy) is 2. The second-order valence-electron chi connectivity index (χ2n) is 6.39. The van der Waals surface area contributed by atoms with Crippen molar-refractivity contribution >= 4 is 34.2 Å². The molecule has 29 heavy (non-hydrogen) atoms. The molecule has 7 nitrogen and oxygen atoms in total. The first-order chi connectivity index (χ1) is 13.9. The first kappa shape index (κ1) is 22.6. The monoisotopic (exact) mass is 419 g/mol. The van der Waals surface area contributed by atoms with Crippen molar-refractivity contribution in [2.24, 2.45) is 0 Å². The molecule has 1 heterocycles. The number of amides is 1. The number of carbonyl (C=O) groups is 3. The molecule has 0 aliphatic heterocycles. The van der Waals surface area contributed by atoms with Crippen LogP contribution in [0.3, 0.4) is 0 Å². The summed E-state index contributed by atoms with van der Waals surface area (Å²) in [5, 5.41) is 4.96. The van der Waals surface area contributed by atoms with Crippen molar-refractivity contribution in [3.8, 4) is 0 Å². The summed E-state index contributed by atoms with van der Waals surface area (Å²) in [6, 6.07) is 9.97. The smallest absolute Gasteiger partial charge is 0.348 e. The first-order valence-electron chi connectivity index (χ1n) is 9.54. The number of hydrogen-bond donors (Lipinski definition) is 2. The lowest BCUT2D eigenvalue weighted by molar-refractivity contribution is -0.682. The summed E-state index contributed by atoms with van der Waals surface area (Å²) < 4.78 is 10.1. The molecule has 0 saturated heterocycles. The topological polar surface area (TPSA) is 98.3 Å². The Morgan fingerprint density at radius 1 is 1.07 bits per heavy atom. The second-order valence-corrected chi connectivity index (χ2v) is 7.41. The summed E-state index contributed by atoms with van der Waals surface area (Å²) in [4.78, 5) is 37.3. The van der Waals surface area contributed by atoms with E-state index in [9.17, 15) is 14.4 Å². The lowest BCUT2D eigenvalue weighted by Gasteiger charge is -2.11. The number of rotatable bonds is 9. The first-order valence-corrected chi connectivity index (χ1v) is 10.4. The van der Waals surface area contributed by atoms with E-state index in [1.807, 2.05) is 42.6 Å². The molecule has 2 aromatic rings. The normalized spacial score (nSPS) is 11.6. The number of thiophene rings is 1. The minimum atomic E-state index is -0.575. The molecule has 0 aliphatic carbocycles. The Morgan fingerprint density at radius 3 is 2.31 bits per heavy atom. The maximum absolute atomic E-state index is 12.5. The lowest BCUT2D eigenvalue weighted by Crippen LogP contribution is -2.86. The molecule has 1 aromatic heterocycles. The van der Waals surface area contributed by atoms with Gasteiger partial charge in [0.15, 0.2) is 6.54 Å². The molecule has 0 bridgehead atoms. The van der Waals surface area contributed by atoms with Crippen molar-refractivity contribution in [1.82, 2.24) is 0 Å². The number of benzene rings is 1. The predicted molar refractivity (Wildman–Crippen MR) is 111 cm³/mol. The number of hydrogen-bond acceptors (Lipinski definition) is 6. The molecule has 8 heteroatoms. The minimum Gasteiger partial charge on any atom is -0.462 e. The molecule has 1 aromatic carbocycles. The molecule has 0 fully saturated rings. The molecule has 3 N–H and O–H groups in total. The van der Waals surface area contributed by atoms with Gasteiger partial charge in [0, 0.05) is 5.56 Å². The Balaban J connectivity index is 2.15. The van der Waals surface area contributed by atoms with Gasteiger partial charge in [-0.15, -0.1) is 11.3 Å². The lowest BCUT2D eigenvalue weighted by atomic mass is 10.1. The molecule has 0 unspecified atom stereocenters. The number of anilines is 1. The molecule has 0 saturated carbocycles. The fourth-order valence-corrected chi connectivity index (χ4v) is 3.90. The van der Waals surface area contributed by atoms with Crippen LogP contribution in [0.25, 0.3) is 0 Å². The van der Waals surface area contributed by atoms with Gasteiger partial charge in [-0.05, 0) is 33.3 Å². The Hall–Kier alpha value is -2.71. The zero-order chi connectivity index (χ0) is 21.4. The van der Waals surface area contributed by atoms with Crippen molar-refractivity contribution in [2.75, 3.05) is 25.1 Å². The highest BCUT2D eigenvalue weighted by atomic mass is 32.1. The number of nitrogens with one attached hydrogen (secondary N) is 1. The van der Waals surface area contributed by atoms with Crippen molar-refractivity contribution in [1.29, 1.82) is 0 Å². The molecule has 2 rings (SSSR count). The predicted octanol–water partition coefficient (Wildman–Crippen LogP) is 2.67. The van der Waals surface area contributed by atoms with E-state index in [1.165, 1.54) is 0 Å². The number of quaternary nitrogens is 1. The zero-order valence-electron chi connectivity index (χ0n) is 17.1. The van der Waals surface area contributed by atoms with Crippen LogP contribution in [0, 0.1) is 6.92 Å². The fourth-order valence-electron chi connectivity index (χ4n) is 2.80.